The molecule has 0 bridgehead atoms. The molecular weight excluding hydrogens is 455 g/mol. The van der Waals surface area contributed by atoms with Crippen molar-refractivity contribution in [1.82, 2.24) is 15.5 Å². The molecular formula is C20H41IN4O2. The molecule has 0 aromatic carbocycles. The first-order chi connectivity index (χ1) is 12.6. The van der Waals surface area contributed by atoms with Gasteiger partial charge < -0.3 is 25.0 Å². The van der Waals surface area contributed by atoms with Crippen molar-refractivity contribution in [2.75, 3.05) is 60.7 Å². The molecule has 0 aromatic heterocycles. The van der Waals surface area contributed by atoms with Gasteiger partial charge in [0, 0.05) is 52.1 Å². The van der Waals surface area contributed by atoms with Crippen molar-refractivity contribution in [3.05, 3.63) is 0 Å². The monoisotopic (exact) mass is 496 g/mol. The molecule has 0 atom stereocenters. The Hall–Kier alpha value is -0.120. The number of rotatable bonds is 9. The predicted octanol–water partition coefficient (Wildman–Crippen LogP) is 2.87. The predicted molar refractivity (Wildman–Crippen MR) is 123 cm³/mol. The van der Waals surface area contributed by atoms with Crippen LogP contribution in [0.25, 0.3) is 0 Å². The van der Waals surface area contributed by atoms with E-state index in [2.05, 4.69) is 41.5 Å². The minimum atomic E-state index is 0. The van der Waals surface area contributed by atoms with Crippen LogP contribution in [0.3, 0.4) is 0 Å². The van der Waals surface area contributed by atoms with Crippen LogP contribution in [0.5, 0.6) is 0 Å². The maximum absolute atomic E-state index is 5.63. The van der Waals surface area contributed by atoms with Crippen LogP contribution in [0.4, 0.5) is 0 Å². The van der Waals surface area contributed by atoms with E-state index in [1.54, 1.807) is 0 Å². The quantitative estimate of drug-likeness (QED) is 0.223. The average molecular weight is 496 g/mol. The van der Waals surface area contributed by atoms with Crippen LogP contribution in [-0.4, -0.2) is 77.1 Å². The molecule has 6 nitrogen and oxygen atoms in total. The zero-order valence-corrected chi connectivity index (χ0v) is 20.1. The Kier molecular flexibility index (Phi) is 11.5. The first kappa shape index (κ1) is 24.9. The van der Waals surface area contributed by atoms with E-state index in [-0.39, 0.29) is 29.5 Å². The molecule has 0 unspecified atom stereocenters. The van der Waals surface area contributed by atoms with E-state index >= 15 is 0 Å². The third kappa shape index (κ3) is 7.33. The molecule has 0 radical (unpaired) electrons. The first-order valence-corrected chi connectivity index (χ1v) is 10.3. The second kappa shape index (κ2) is 12.4. The lowest BCUT2D eigenvalue weighted by Gasteiger charge is -2.43. The SMILES string of the molecule is CCOCCC1(CNC(=NC)NCC2(N(C)C)CCOCC2)CCCC1.I. The second-order valence-corrected chi connectivity index (χ2v) is 8.16. The van der Waals surface area contributed by atoms with E-state index in [1.165, 1.54) is 25.7 Å². The van der Waals surface area contributed by atoms with Crippen LogP contribution < -0.4 is 10.6 Å². The summed E-state index contributed by atoms with van der Waals surface area (Å²) in [4.78, 5) is 6.81. The fourth-order valence-electron chi connectivity index (χ4n) is 4.35. The summed E-state index contributed by atoms with van der Waals surface area (Å²) in [6, 6.07) is 0. The Morgan fingerprint density at radius 3 is 2.26 bits per heavy atom. The van der Waals surface area contributed by atoms with Gasteiger partial charge in [0.15, 0.2) is 5.96 Å². The molecule has 1 aliphatic carbocycles. The Morgan fingerprint density at radius 2 is 1.70 bits per heavy atom. The fourth-order valence-corrected chi connectivity index (χ4v) is 4.35. The molecule has 2 aliphatic rings. The molecule has 160 valence electrons. The molecule has 1 saturated heterocycles. The summed E-state index contributed by atoms with van der Waals surface area (Å²) in [5.41, 5.74) is 0.514. The topological polar surface area (TPSA) is 58.1 Å². The number of hydrogen-bond acceptors (Lipinski definition) is 4. The van der Waals surface area contributed by atoms with Crippen LogP contribution in [-0.2, 0) is 9.47 Å². The summed E-state index contributed by atoms with van der Waals surface area (Å²) in [5.74, 6) is 0.917. The van der Waals surface area contributed by atoms with Crippen molar-refractivity contribution in [3.8, 4) is 0 Å². The number of likely N-dealkylation sites (N-methyl/N-ethyl adjacent to an activating group) is 1. The zero-order chi connectivity index (χ0) is 18.9. The largest absolute Gasteiger partial charge is 0.382 e. The van der Waals surface area contributed by atoms with Gasteiger partial charge in [-0.05, 0) is 58.5 Å². The van der Waals surface area contributed by atoms with E-state index in [0.717, 1.165) is 64.7 Å². The molecule has 0 amide bonds. The summed E-state index contributed by atoms with van der Waals surface area (Å²) in [7, 11) is 6.21. The number of nitrogens with one attached hydrogen (secondary N) is 2. The lowest BCUT2D eigenvalue weighted by atomic mass is 9.83. The fraction of sp³-hybridized carbons (Fsp3) is 0.950. The molecule has 7 heteroatoms. The van der Waals surface area contributed by atoms with Gasteiger partial charge in [0.2, 0.25) is 0 Å². The Labute approximate surface area is 183 Å². The van der Waals surface area contributed by atoms with Gasteiger partial charge in [0.25, 0.3) is 0 Å². The van der Waals surface area contributed by atoms with Crippen molar-refractivity contribution in [2.45, 2.75) is 57.4 Å². The molecule has 0 spiro atoms. The van der Waals surface area contributed by atoms with Crippen molar-refractivity contribution >= 4 is 29.9 Å². The molecule has 1 aliphatic heterocycles. The molecule has 27 heavy (non-hydrogen) atoms. The third-order valence-corrected chi connectivity index (χ3v) is 6.46. The normalized spacial score (nSPS) is 21.7. The van der Waals surface area contributed by atoms with E-state index in [1.807, 2.05) is 7.05 Å². The van der Waals surface area contributed by atoms with E-state index in [4.69, 9.17) is 9.47 Å². The van der Waals surface area contributed by atoms with Gasteiger partial charge in [-0.1, -0.05) is 12.8 Å². The van der Waals surface area contributed by atoms with Crippen molar-refractivity contribution in [3.63, 3.8) is 0 Å². The van der Waals surface area contributed by atoms with Crippen LogP contribution in [0.1, 0.15) is 51.9 Å². The van der Waals surface area contributed by atoms with Crippen molar-refractivity contribution in [1.29, 1.82) is 0 Å². The number of ether oxygens (including phenoxy) is 2. The van der Waals surface area contributed by atoms with Gasteiger partial charge in [-0.25, -0.2) is 0 Å². The summed E-state index contributed by atoms with van der Waals surface area (Å²) in [6.07, 6.45) is 8.52. The number of aliphatic imine (C=N–C) groups is 1. The van der Waals surface area contributed by atoms with Crippen LogP contribution >= 0.6 is 24.0 Å². The maximum Gasteiger partial charge on any atom is 0.191 e. The summed E-state index contributed by atoms with van der Waals surface area (Å²) in [6.45, 7) is 7.31. The highest BCUT2D eigenvalue weighted by molar-refractivity contribution is 14.0. The van der Waals surface area contributed by atoms with E-state index in [0.29, 0.717) is 5.41 Å². The van der Waals surface area contributed by atoms with Gasteiger partial charge >= 0.3 is 0 Å². The molecule has 1 saturated carbocycles. The molecule has 2 rings (SSSR count). The van der Waals surface area contributed by atoms with Gasteiger partial charge in [-0.3, -0.25) is 4.99 Å². The second-order valence-electron chi connectivity index (χ2n) is 8.16. The lowest BCUT2D eigenvalue weighted by molar-refractivity contribution is -0.00503. The molecule has 1 heterocycles. The highest BCUT2D eigenvalue weighted by atomic mass is 127. The molecule has 0 aromatic rings. The smallest absolute Gasteiger partial charge is 0.191 e. The first-order valence-electron chi connectivity index (χ1n) is 10.3. The number of nitrogens with zero attached hydrogens (tertiary/aromatic N) is 2. The number of guanidine groups is 1. The summed E-state index contributed by atoms with van der Waals surface area (Å²) < 4.78 is 11.2. The highest BCUT2D eigenvalue weighted by Crippen LogP contribution is 2.40. The Balaban J connectivity index is 0.00000364. The lowest BCUT2D eigenvalue weighted by Crippen LogP contribution is -2.57. The number of hydrogen-bond donors (Lipinski definition) is 2. The highest BCUT2D eigenvalue weighted by Gasteiger charge is 2.36. The molecule has 2 fully saturated rings. The Morgan fingerprint density at radius 1 is 1.07 bits per heavy atom. The van der Waals surface area contributed by atoms with Crippen molar-refractivity contribution in [2.24, 2.45) is 10.4 Å². The molecule has 2 N–H and O–H groups in total. The minimum absolute atomic E-state index is 0. The van der Waals surface area contributed by atoms with E-state index < -0.39 is 0 Å². The summed E-state index contributed by atoms with van der Waals surface area (Å²) >= 11 is 0. The Bertz CT molecular complexity index is 434. The van der Waals surface area contributed by atoms with E-state index in [9.17, 15) is 0 Å². The van der Waals surface area contributed by atoms with Gasteiger partial charge in [0.1, 0.15) is 0 Å². The minimum Gasteiger partial charge on any atom is -0.382 e. The zero-order valence-electron chi connectivity index (χ0n) is 17.8. The standard InChI is InChI=1S/C20H40N4O2.HI/c1-5-25-13-10-19(8-6-7-9-19)16-22-18(21-2)23-17-20(24(3)4)11-14-26-15-12-20;/h5-17H2,1-4H3,(H2,21,22,23);1H. The van der Waals surface area contributed by atoms with Crippen molar-refractivity contribution < 1.29 is 9.47 Å². The van der Waals surface area contributed by atoms with Gasteiger partial charge in [-0.15, -0.1) is 24.0 Å². The van der Waals surface area contributed by atoms with Crippen LogP contribution in [0.2, 0.25) is 0 Å². The summed E-state index contributed by atoms with van der Waals surface area (Å²) in [5, 5.41) is 7.19. The third-order valence-electron chi connectivity index (χ3n) is 6.46. The maximum atomic E-state index is 5.63. The van der Waals surface area contributed by atoms with Gasteiger partial charge in [0.05, 0.1) is 0 Å². The average Bonchev–Trinajstić information content (AvgIpc) is 3.12. The van der Waals surface area contributed by atoms with Gasteiger partial charge in [-0.2, -0.15) is 0 Å². The van der Waals surface area contributed by atoms with Crippen LogP contribution in [0, 0.1) is 5.41 Å². The van der Waals surface area contributed by atoms with Crippen LogP contribution in [0.15, 0.2) is 4.99 Å². The number of halogens is 1.